The molecule has 1 N–H and O–H groups in total. The van der Waals surface area contributed by atoms with Crippen LogP contribution in [-0.4, -0.2) is 55.1 Å². The van der Waals surface area contributed by atoms with E-state index in [1.807, 2.05) is 97.1 Å². The normalized spacial score (nSPS) is 20.4. The summed E-state index contributed by atoms with van der Waals surface area (Å²) in [4.78, 5) is 41.4. The minimum atomic E-state index is -2.31. The molecule has 4 aromatic carbocycles. The van der Waals surface area contributed by atoms with Gasteiger partial charge in [-0.2, -0.15) is 0 Å². The van der Waals surface area contributed by atoms with E-state index in [1.165, 1.54) is 17.7 Å². The number of rotatable bonds is 15. The molecular formula is C44H50N2O8Si. The molecule has 0 bridgehead atoms. The number of aryl methyl sites for hydroxylation is 1. The van der Waals surface area contributed by atoms with Crippen LogP contribution in [0.25, 0.3) is 0 Å². The Balaban J connectivity index is 1.49. The third-order valence-electron chi connectivity index (χ3n) is 9.91. The molecule has 10 nitrogen and oxygen atoms in total. The molecule has 1 aliphatic heterocycles. The van der Waals surface area contributed by atoms with Gasteiger partial charge in [0.25, 0.3) is 5.56 Å². The van der Waals surface area contributed by atoms with Crippen LogP contribution < -0.4 is 21.6 Å². The molecule has 0 saturated carbocycles. The van der Waals surface area contributed by atoms with Crippen molar-refractivity contribution in [3.63, 3.8) is 0 Å². The maximum atomic E-state index is 13.5. The van der Waals surface area contributed by atoms with Gasteiger partial charge in [0.1, 0.15) is 11.7 Å². The minimum Gasteiger partial charge on any atom is -0.455 e. The second kappa shape index (κ2) is 17.7. The summed E-state index contributed by atoms with van der Waals surface area (Å²) >= 11 is 0. The highest BCUT2D eigenvalue weighted by atomic mass is 28.3. The molecule has 0 radical (unpaired) electrons. The maximum absolute atomic E-state index is 13.5. The highest BCUT2D eigenvalue weighted by Crippen LogP contribution is 2.46. The van der Waals surface area contributed by atoms with Crippen LogP contribution in [0.15, 0.2) is 137 Å². The van der Waals surface area contributed by atoms with Gasteiger partial charge in [-0.05, 0) is 33.8 Å². The summed E-state index contributed by atoms with van der Waals surface area (Å²) in [7, 11) is -2.31. The van der Waals surface area contributed by atoms with E-state index < -0.39 is 61.8 Å². The number of hydrogen-bond acceptors (Lipinski definition) is 8. The Bertz CT molecular complexity index is 2070. The molecule has 0 spiro atoms. The van der Waals surface area contributed by atoms with Gasteiger partial charge in [-0.3, -0.25) is 19.1 Å². The fraction of sp³-hybridized carbons (Fsp3) is 0.341. The Morgan fingerprint density at radius 1 is 0.836 bits per heavy atom. The van der Waals surface area contributed by atoms with Crippen LogP contribution >= 0.6 is 0 Å². The summed E-state index contributed by atoms with van der Waals surface area (Å²) in [6.07, 6.45) is -1.99. The highest BCUT2D eigenvalue weighted by molar-refractivity contribution is 6.80. The van der Waals surface area contributed by atoms with E-state index in [0.717, 1.165) is 21.5 Å². The number of ether oxygens (including phenoxy) is 4. The Morgan fingerprint density at radius 3 is 1.89 bits per heavy atom. The third-order valence-corrected chi connectivity index (χ3v) is 12.5. The first-order chi connectivity index (χ1) is 26.4. The smallest absolute Gasteiger partial charge is 0.330 e. The lowest BCUT2D eigenvalue weighted by atomic mass is 9.79. The first-order valence-corrected chi connectivity index (χ1v) is 20.3. The number of carbonyl (C=O) groups is 1. The second-order valence-corrected chi connectivity index (χ2v) is 17.6. The van der Waals surface area contributed by atoms with Crippen molar-refractivity contribution in [3.05, 3.63) is 165 Å². The summed E-state index contributed by atoms with van der Waals surface area (Å²) in [5, 5.41) is 2.24. The average Bonchev–Trinajstić information content (AvgIpc) is 3.46. The van der Waals surface area contributed by atoms with E-state index in [-0.39, 0.29) is 26.2 Å². The van der Waals surface area contributed by atoms with Crippen LogP contribution in [0.5, 0.6) is 0 Å². The molecule has 0 aliphatic carbocycles. The molecule has 11 heteroatoms. The molecule has 1 aromatic heterocycles. The molecule has 1 fully saturated rings. The van der Waals surface area contributed by atoms with E-state index in [0.29, 0.717) is 5.56 Å². The summed E-state index contributed by atoms with van der Waals surface area (Å²) in [5.41, 5.74) is -0.840. The van der Waals surface area contributed by atoms with Crippen molar-refractivity contribution in [1.82, 2.24) is 9.55 Å². The number of nitrogens with zero attached hydrogens (tertiary/aromatic N) is 1. The molecule has 1 unspecified atom stereocenters. The number of aromatic amines is 1. The molecule has 0 amide bonds. The number of carbonyl (C=O) groups excluding carboxylic acids is 1. The lowest BCUT2D eigenvalue weighted by molar-refractivity contribution is -0.176. The summed E-state index contributed by atoms with van der Waals surface area (Å²) in [6.45, 7) is 9.73. The molecule has 55 heavy (non-hydrogen) atoms. The van der Waals surface area contributed by atoms with Crippen LogP contribution in [0.3, 0.4) is 0 Å². The zero-order valence-electron chi connectivity index (χ0n) is 32.1. The molecule has 1 aliphatic rings. The first-order valence-electron chi connectivity index (χ1n) is 18.6. The van der Waals surface area contributed by atoms with E-state index in [1.54, 1.807) is 6.92 Å². The van der Waals surface area contributed by atoms with Crippen LogP contribution in [-0.2, 0) is 41.4 Å². The quantitative estimate of drug-likeness (QED) is 0.114. The predicted octanol–water partition coefficient (Wildman–Crippen LogP) is 5.21. The lowest BCUT2D eigenvalue weighted by Gasteiger charge is -2.42. The van der Waals surface area contributed by atoms with Crippen molar-refractivity contribution in [2.45, 2.75) is 84.4 Å². The number of aromatic nitrogens is 2. The molecule has 6 rings (SSSR count). The van der Waals surface area contributed by atoms with Gasteiger partial charge in [0.15, 0.2) is 12.3 Å². The summed E-state index contributed by atoms with van der Waals surface area (Å²) in [6, 6.07) is 40.0. The van der Waals surface area contributed by atoms with Gasteiger partial charge >= 0.3 is 11.7 Å². The average molecular weight is 763 g/mol. The topological polar surface area (TPSA) is 118 Å². The van der Waals surface area contributed by atoms with E-state index in [9.17, 15) is 14.4 Å². The Hall–Kier alpha value is -4.91. The van der Waals surface area contributed by atoms with E-state index >= 15 is 0 Å². The van der Waals surface area contributed by atoms with E-state index in [2.05, 4.69) is 50.0 Å². The van der Waals surface area contributed by atoms with Gasteiger partial charge in [0, 0.05) is 25.1 Å². The fourth-order valence-electron chi connectivity index (χ4n) is 7.03. The molecule has 2 heterocycles. The van der Waals surface area contributed by atoms with Gasteiger partial charge in [0.2, 0.25) is 9.04 Å². The van der Waals surface area contributed by atoms with Crippen molar-refractivity contribution >= 4 is 25.4 Å². The Kier molecular flexibility index (Phi) is 12.8. The van der Waals surface area contributed by atoms with Crippen molar-refractivity contribution in [1.29, 1.82) is 0 Å². The summed E-state index contributed by atoms with van der Waals surface area (Å²) in [5.74, 6) is -0.577. The number of benzene rings is 4. The fourth-order valence-corrected chi connectivity index (χ4v) is 9.71. The van der Waals surface area contributed by atoms with Crippen molar-refractivity contribution < 1.29 is 28.2 Å². The number of nitrogens with one attached hydrogen (secondary N) is 1. The first kappa shape index (κ1) is 39.8. The number of hydrogen-bond donors (Lipinski definition) is 1. The maximum Gasteiger partial charge on any atom is 0.330 e. The van der Waals surface area contributed by atoms with Crippen LogP contribution in [0, 0.1) is 12.3 Å². The lowest BCUT2D eigenvalue weighted by Crippen LogP contribution is -2.56. The van der Waals surface area contributed by atoms with Crippen molar-refractivity contribution in [2.24, 2.45) is 5.41 Å². The Labute approximate surface area is 323 Å². The highest BCUT2D eigenvalue weighted by Gasteiger charge is 2.60. The summed E-state index contributed by atoms with van der Waals surface area (Å²) < 4.78 is 35.3. The van der Waals surface area contributed by atoms with Gasteiger partial charge in [-0.15, -0.1) is 0 Å². The zero-order valence-corrected chi connectivity index (χ0v) is 33.2. The zero-order chi connectivity index (χ0) is 39.0. The van der Waals surface area contributed by atoms with Gasteiger partial charge < -0.3 is 23.4 Å². The van der Waals surface area contributed by atoms with Crippen LogP contribution in [0.1, 0.15) is 57.0 Å². The minimum absolute atomic E-state index is 0.00549. The number of H-pyrrole nitrogens is 1. The number of esters is 1. The standard InChI is InChI=1S/C44H50N2O8Si/c1-31-27-46(42(49)45-40(31)48)41-38(52-32(2)47)39(51-29-34-20-12-7-13-21-34)44(53-41,30-50-28-33-18-10-6-11-19-33)26-37(43(3,4)5)54-55(35-22-14-8-15-23-35)36-24-16-9-17-25-36/h6-25,27,37-39,41,55H,26,28-30H2,1-5H3,(H,45,48,49)/t37?,38-,39+,41-,44-/m1/s1. The van der Waals surface area contributed by atoms with Gasteiger partial charge in [-0.1, -0.05) is 142 Å². The molecule has 5 aromatic rings. The van der Waals surface area contributed by atoms with Crippen LogP contribution in [0.4, 0.5) is 0 Å². The van der Waals surface area contributed by atoms with Crippen LogP contribution in [0.2, 0.25) is 0 Å². The van der Waals surface area contributed by atoms with Gasteiger partial charge in [0.05, 0.1) is 25.9 Å². The monoisotopic (exact) mass is 762 g/mol. The molecule has 5 atom stereocenters. The SMILES string of the molecule is CC(=O)O[C@H]1[C@H](n2cc(C)c(=O)[nH]c2=O)O[C@@](COCc2ccccc2)(CC(O[SiH](c2ccccc2)c2ccccc2)C(C)(C)C)[C@H]1OCc1ccccc1. The van der Waals surface area contributed by atoms with E-state index in [4.69, 9.17) is 23.4 Å². The largest absolute Gasteiger partial charge is 0.455 e. The second-order valence-electron chi connectivity index (χ2n) is 15.2. The Morgan fingerprint density at radius 2 is 1.36 bits per heavy atom. The van der Waals surface area contributed by atoms with Crippen molar-refractivity contribution in [3.8, 4) is 0 Å². The van der Waals surface area contributed by atoms with Gasteiger partial charge in [-0.25, -0.2) is 4.79 Å². The predicted molar refractivity (Wildman–Crippen MR) is 214 cm³/mol. The third kappa shape index (κ3) is 9.86. The molecular weight excluding hydrogens is 713 g/mol. The molecule has 1 saturated heterocycles. The molecule has 288 valence electrons. The van der Waals surface area contributed by atoms with Crippen molar-refractivity contribution in [2.75, 3.05) is 6.61 Å².